The third kappa shape index (κ3) is 3.95. The molecule has 146 valence electrons. The summed E-state index contributed by atoms with van der Waals surface area (Å²) in [5, 5.41) is 1.12. The van der Waals surface area contributed by atoms with Gasteiger partial charge >= 0.3 is 0 Å². The Kier molecular flexibility index (Phi) is 5.47. The molecule has 0 aliphatic heterocycles. The van der Waals surface area contributed by atoms with Crippen LogP contribution < -0.4 is 9.47 Å². The Balaban J connectivity index is 1.87. The van der Waals surface area contributed by atoms with Gasteiger partial charge in [0.2, 0.25) is 0 Å². The highest BCUT2D eigenvalue weighted by molar-refractivity contribution is 6.36. The average Bonchev–Trinajstić information content (AvgIpc) is 3.19. The van der Waals surface area contributed by atoms with Gasteiger partial charge in [-0.1, -0.05) is 23.2 Å². The fraction of sp³-hybridized carbons (Fsp3) is 0.0870. The second-order valence-corrected chi connectivity index (χ2v) is 7.23. The van der Waals surface area contributed by atoms with Crippen LogP contribution in [0.1, 0.15) is 0 Å². The average molecular weight is 425 g/mol. The lowest BCUT2D eigenvalue weighted by atomic mass is 10.0. The van der Waals surface area contributed by atoms with E-state index in [1.165, 1.54) is 0 Å². The molecule has 0 fully saturated rings. The highest BCUT2D eigenvalue weighted by Crippen LogP contribution is 2.36. The van der Waals surface area contributed by atoms with E-state index >= 15 is 0 Å². The Morgan fingerprint density at radius 1 is 0.759 bits per heavy atom. The zero-order valence-corrected chi connectivity index (χ0v) is 17.4. The van der Waals surface area contributed by atoms with Crippen molar-refractivity contribution in [3.05, 3.63) is 76.8 Å². The van der Waals surface area contributed by atoms with Crippen molar-refractivity contribution in [1.82, 2.24) is 9.97 Å². The molecular weight excluding hydrogens is 407 g/mol. The Bertz CT molecular complexity index is 1070. The maximum atomic E-state index is 6.42. The lowest BCUT2D eigenvalue weighted by Crippen LogP contribution is -1.87. The van der Waals surface area contributed by atoms with E-state index in [9.17, 15) is 0 Å². The maximum absolute atomic E-state index is 6.42. The van der Waals surface area contributed by atoms with Gasteiger partial charge in [-0.05, 0) is 66.7 Å². The number of hydrogen-bond donors (Lipinski definition) is 1. The number of hydrogen-bond acceptors (Lipinski definition) is 3. The van der Waals surface area contributed by atoms with Gasteiger partial charge in [0.1, 0.15) is 17.3 Å². The lowest BCUT2D eigenvalue weighted by molar-refractivity contribution is 0.414. The number of nitrogens with zero attached hydrogens (tertiary/aromatic N) is 1. The molecule has 0 aliphatic carbocycles. The summed E-state index contributed by atoms with van der Waals surface area (Å²) in [5.41, 5.74) is 4.44. The summed E-state index contributed by atoms with van der Waals surface area (Å²) < 4.78 is 10.6. The van der Waals surface area contributed by atoms with Crippen LogP contribution >= 0.6 is 23.2 Å². The van der Waals surface area contributed by atoms with E-state index in [2.05, 4.69) is 4.98 Å². The minimum atomic E-state index is 0.536. The number of methoxy groups -OCH3 is 2. The van der Waals surface area contributed by atoms with Gasteiger partial charge in [0, 0.05) is 21.7 Å². The van der Waals surface area contributed by atoms with E-state index in [-0.39, 0.29) is 0 Å². The van der Waals surface area contributed by atoms with Crippen molar-refractivity contribution in [3.63, 3.8) is 0 Å². The molecule has 0 aliphatic rings. The SMILES string of the molecule is COc1ccc(-c2nc(-c3ccc(Cl)cc3Cl)[nH]c2-c2ccc(OC)cc2)cc1. The summed E-state index contributed by atoms with van der Waals surface area (Å²) in [5.74, 6) is 2.25. The second kappa shape index (κ2) is 8.19. The van der Waals surface area contributed by atoms with E-state index in [0.29, 0.717) is 15.9 Å². The summed E-state index contributed by atoms with van der Waals surface area (Å²) in [6.45, 7) is 0. The molecule has 3 aromatic carbocycles. The predicted octanol–water partition coefficient (Wildman–Crippen LogP) is 6.73. The van der Waals surface area contributed by atoms with E-state index in [1.54, 1.807) is 26.4 Å². The van der Waals surface area contributed by atoms with Crippen LogP contribution in [0, 0.1) is 0 Å². The van der Waals surface area contributed by atoms with Crippen LogP contribution in [0.4, 0.5) is 0 Å². The van der Waals surface area contributed by atoms with Gasteiger partial charge in [0.05, 0.1) is 30.6 Å². The van der Waals surface area contributed by atoms with E-state index in [0.717, 1.165) is 39.6 Å². The van der Waals surface area contributed by atoms with Crippen molar-refractivity contribution < 1.29 is 9.47 Å². The normalized spacial score (nSPS) is 10.8. The van der Waals surface area contributed by atoms with E-state index in [1.807, 2.05) is 54.6 Å². The molecule has 4 rings (SSSR count). The molecule has 29 heavy (non-hydrogen) atoms. The number of H-pyrrole nitrogens is 1. The van der Waals surface area contributed by atoms with E-state index < -0.39 is 0 Å². The molecule has 1 heterocycles. The van der Waals surface area contributed by atoms with Crippen LogP contribution in [-0.2, 0) is 0 Å². The standard InChI is InChI=1S/C23H18Cl2N2O2/c1-28-17-8-3-14(4-9-17)21-22(15-5-10-18(29-2)11-6-15)27-23(26-21)19-12-7-16(24)13-20(19)25/h3-13H,1-2H3,(H,26,27). The van der Waals surface area contributed by atoms with Crippen molar-refractivity contribution in [3.8, 4) is 45.4 Å². The minimum absolute atomic E-state index is 0.536. The first kappa shape index (κ1) is 19.4. The zero-order chi connectivity index (χ0) is 20.4. The van der Waals surface area contributed by atoms with Crippen LogP contribution in [0.25, 0.3) is 33.9 Å². The number of benzene rings is 3. The van der Waals surface area contributed by atoms with Gasteiger partial charge < -0.3 is 14.5 Å². The number of ether oxygens (including phenoxy) is 2. The molecule has 0 saturated carbocycles. The first-order valence-electron chi connectivity index (χ1n) is 8.93. The number of rotatable bonds is 5. The zero-order valence-electron chi connectivity index (χ0n) is 15.9. The molecule has 1 N–H and O–H groups in total. The Morgan fingerprint density at radius 2 is 1.34 bits per heavy atom. The summed E-state index contributed by atoms with van der Waals surface area (Å²) >= 11 is 12.5. The molecule has 0 atom stereocenters. The molecule has 6 heteroatoms. The largest absolute Gasteiger partial charge is 0.497 e. The van der Waals surface area contributed by atoms with Crippen LogP contribution in [0.3, 0.4) is 0 Å². The minimum Gasteiger partial charge on any atom is -0.497 e. The van der Waals surface area contributed by atoms with Gasteiger partial charge in [-0.3, -0.25) is 0 Å². The molecule has 0 bridgehead atoms. The first-order valence-corrected chi connectivity index (χ1v) is 9.69. The highest BCUT2D eigenvalue weighted by atomic mass is 35.5. The third-order valence-corrected chi connectivity index (χ3v) is 5.18. The molecule has 1 aromatic heterocycles. The predicted molar refractivity (Wildman–Crippen MR) is 118 cm³/mol. The van der Waals surface area contributed by atoms with Gasteiger partial charge in [0.25, 0.3) is 0 Å². The topological polar surface area (TPSA) is 47.1 Å². The first-order chi connectivity index (χ1) is 14.1. The highest BCUT2D eigenvalue weighted by Gasteiger charge is 2.17. The van der Waals surface area contributed by atoms with Crippen molar-refractivity contribution in [1.29, 1.82) is 0 Å². The Labute approximate surface area is 179 Å². The lowest BCUT2D eigenvalue weighted by Gasteiger charge is -2.06. The van der Waals surface area contributed by atoms with Crippen molar-refractivity contribution in [2.75, 3.05) is 14.2 Å². The molecule has 4 aromatic rings. The fourth-order valence-corrected chi connectivity index (χ4v) is 3.60. The second-order valence-electron chi connectivity index (χ2n) is 6.39. The van der Waals surface area contributed by atoms with Crippen LogP contribution in [-0.4, -0.2) is 24.2 Å². The fourth-order valence-electron chi connectivity index (χ4n) is 3.11. The molecule has 0 radical (unpaired) electrons. The van der Waals surface area contributed by atoms with E-state index in [4.69, 9.17) is 37.7 Å². The summed E-state index contributed by atoms with van der Waals surface area (Å²) in [6.07, 6.45) is 0. The quantitative estimate of drug-likeness (QED) is 0.386. The van der Waals surface area contributed by atoms with Gasteiger partial charge in [-0.2, -0.15) is 0 Å². The number of nitrogens with one attached hydrogen (secondary N) is 1. The number of halogens is 2. The summed E-state index contributed by atoms with van der Waals surface area (Å²) in [6, 6.07) is 21.0. The van der Waals surface area contributed by atoms with Gasteiger partial charge in [0.15, 0.2) is 0 Å². The smallest absolute Gasteiger partial charge is 0.140 e. The summed E-state index contributed by atoms with van der Waals surface area (Å²) in [7, 11) is 3.29. The summed E-state index contributed by atoms with van der Waals surface area (Å²) in [4.78, 5) is 8.29. The van der Waals surface area contributed by atoms with Crippen LogP contribution in [0.15, 0.2) is 66.7 Å². The molecule has 0 saturated heterocycles. The maximum Gasteiger partial charge on any atom is 0.140 e. The molecule has 0 amide bonds. The van der Waals surface area contributed by atoms with Crippen molar-refractivity contribution in [2.45, 2.75) is 0 Å². The van der Waals surface area contributed by atoms with Gasteiger partial charge in [-0.15, -0.1) is 0 Å². The number of aromatic amines is 1. The molecule has 0 unspecified atom stereocenters. The van der Waals surface area contributed by atoms with Crippen molar-refractivity contribution >= 4 is 23.2 Å². The number of imidazole rings is 1. The third-order valence-electron chi connectivity index (χ3n) is 4.63. The molecular formula is C23H18Cl2N2O2. The molecule has 4 nitrogen and oxygen atoms in total. The molecule has 0 spiro atoms. The number of aromatic nitrogens is 2. The van der Waals surface area contributed by atoms with Crippen LogP contribution in [0.2, 0.25) is 10.0 Å². The van der Waals surface area contributed by atoms with Gasteiger partial charge in [-0.25, -0.2) is 4.98 Å². The monoisotopic (exact) mass is 424 g/mol. The Morgan fingerprint density at radius 3 is 1.90 bits per heavy atom. The van der Waals surface area contributed by atoms with Crippen LogP contribution in [0.5, 0.6) is 11.5 Å². The Hall–Kier alpha value is -2.95. The van der Waals surface area contributed by atoms with Crippen molar-refractivity contribution in [2.24, 2.45) is 0 Å².